The van der Waals surface area contributed by atoms with Crippen molar-refractivity contribution in [3.63, 3.8) is 0 Å². The van der Waals surface area contributed by atoms with Gasteiger partial charge in [-0.15, -0.1) is 0 Å². The van der Waals surface area contributed by atoms with E-state index in [9.17, 15) is 5.11 Å². The van der Waals surface area contributed by atoms with Crippen LogP contribution in [0.2, 0.25) is 0 Å². The van der Waals surface area contributed by atoms with Gasteiger partial charge in [-0.3, -0.25) is 0 Å². The minimum absolute atomic E-state index is 0.185. The van der Waals surface area contributed by atoms with Gasteiger partial charge in [0.25, 0.3) is 0 Å². The molecule has 0 saturated heterocycles. The highest BCUT2D eigenvalue weighted by Crippen LogP contribution is 2.23. The van der Waals surface area contributed by atoms with Crippen LogP contribution in [0.4, 0.5) is 0 Å². The van der Waals surface area contributed by atoms with Crippen LogP contribution < -0.4 is 10.5 Å². The Morgan fingerprint density at radius 2 is 2.06 bits per heavy atom. The van der Waals surface area contributed by atoms with Crippen molar-refractivity contribution in [2.45, 2.75) is 52.2 Å². The molecule has 0 aliphatic heterocycles. The van der Waals surface area contributed by atoms with Crippen molar-refractivity contribution in [3.05, 3.63) is 29.3 Å². The lowest BCUT2D eigenvalue weighted by Crippen LogP contribution is -2.31. The fraction of sp³-hybridized carbons (Fsp3) is 0.600. The maximum Gasteiger partial charge on any atom is 0.122 e. The van der Waals surface area contributed by atoms with E-state index in [0.29, 0.717) is 13.0 Å². The molecule has 18 heavy (non-hydrogen) atoms. The van der Waals surface area contributed by atoms with Crippen molar-refractivity contribution >= 4 is 0 Å². The number of rotatable bonds is 7. The van der Waals surface area contributed by atoms with Crippen LogP contribution >= 0.6 is 0 Å². The first-order chi connectivity index (χ1) is 8.58. The quantitative estimate of drug-likeness (QED) is 0.781. The molecular weight excluding hydrogens is 226 g/mol. The molecule has 0 aromatic heterocycles. The van der Waals surface area contributed by atoms with E-state index in [1.54, 1.807) is 0 Å². The van der Waals surface area contributed by atoms with Gasteiger partial charge < -0.3 is 15.6 Å². The summed E-state index contributed by atoms with van der Waals surface area (Å²) in [5.74, 6) is 0.923. The lowest BCUT2D eigenvalue weighted by molar-refractivity contribution is 0.141. The standard InChI is InChI=1S/C15H25NO2/c1-4-12-6-9-15(18-5-2)13(10-12)7-8-14(17)11(3)16/h6,9-11,14,17H,4-5,7-8,16H2,1-3H3. The molecule has 0 amide bonds. The number of benzene rings is 1. The Morgan fingerprint density at radius 1 is 1.33 bits per heavy atom. The molecule has 1 aromatic rings. The highest BCUT2D eigenvalue weighted by atomic mass is 16.5. The second-order valence-electron chi connectivity index (χ2n) is 4.69. The predicted octanol–water partition coefficient (Wildman–Crippen LogP) is 2.29. The van der Waals surface area contributed by atoms with Gasteiger partial charge in [0.1, 0.15) is 5.75 Å². The van der Waals surface area contributed by atoms with Crippen LogP contribution in [0.1, 0.15) is 38.3 Å². The van der Waals surface area contributed by atoms with Crippen LogP contribution in [0.5, 0.6) is 5.75 Å². The van der Waals surface area contributed by atoms with Crippen LogP contribution in [-0.2, 0) is 12.8 Å². The highest BCUT2D eigenvalue weighted by molar-refractivity contribution is 5.37. The van der Waals surface area contributed by atoms with Crippen molar-refractivity contribution in [2.75, 3.05) is 6.61 Å². The first kappa shape index (κ1) is 15.0. The molecule has 0 aliphatic rings. The van der Waals surface area contributed by atoms with Crippen LogP contribution in [0.3, 0.4) is 0 Å². The maximum absolute atomic E-state index is 9.77. The van der Waals surface area contributed by atoms with Crippen molar-refractivity contribution in [2.24, 2.45) is 5.73 Å². The Kier molecular flexibility index (Phi) is 6.16. The zero-order valence-corrected chi connectivity index (χ0v) is 11.6. The van der Waals surface area contributed by atoms with Gasteiger partial charge in [0.05, 0.1) is 12.7 Å². The number of aliphatic hydroxyl groups excluding tert-OH is 1. The van der Waals surface area contributed by atoms with Crippen LogP contribution in [-0.4, -0.2) is 23.9 Å². The van der Waals surface area contributed by atoms with Crippen LogP contribution in [0.25, 0.3) is 0 Å². The Labute approximate surface area is 110 Å². The van der Waals surface area contributed by atoms with Gasteiger partial charge in [-0.2, -0.15) is 0 Å². The summed E-state index contributed by atoms with van der Waals surface area (Å²) in [5, 5.41) is 9.77. The molecule has 0 heterocycles. The topological polar surface area (TPSA) is 55.5 Å². The summed E-state index contributed by atoms with van der Waals surface area (Å²) in [5.41, 5.74) is 8.13. The van der Waals surface area contributed by atoms with Gasteiger partial charge in [-0.25, -0.2) is 0 Å². The molecular formula is C15H25NO2. The Hall–Kier alpha value is -1.06. The van der Waals surface area contributed by atoms with Gasteiger partial charge in [-0.1, -0.05) is 19.1 Å². The van der Waals surface area contributed by atoms with Gasteiger partial charge in [0.2, 0.25) is 0 Å². The predicted molar refractivity (Wildman–Crippen MR) is 75.0 cm³/mol. The van der Waals surface area contributed by atoms with E-state index in [0.717, 1.165) is 24.2 Å². The SMILES string of the molecule is CCOc1ccc(CC)cc1CCC(O)C(C)N. The van der Waals surface area contributed by atoms with E-state index < -0.39 is 6.10 Å². The zero-order chi connectivity index (χ0) is 13.5. The lowest BCUT2D eigenvalue weighted by atomic mass is 10.00. The molecule has 0 radical (unpaired) electrons. The van der Waals surface area contributed by atoms with E-state index in [1.165, 1.54) is 5.56 Å². The van der Waals surface area contributed by atoms with Crippen molar-refractivity contribution in [3.8, 4) is 5.75 Å². The first-order valence-electron chi connectivity index (χ1n) is 6.76. The third-order valence-electron chi connectivity index (χ3n) is 3.15. The van der Waals surface area contributed by atoms with Crippen molar-refractivity contribution < 1.29 is 9.84 Å². The summed E-state index contributed by atoms with van der Waals surface area (Å²) < 4.78 is 5.62. The molecule has 0 fully saturated rings. The molecule has 3 heteroatoms. The van der Waals surface area contributed by atoms with E-state index in [4.69, 9.17) is 10.5 Å². The third kappa shape index (κ3) is 4.31. The summed E-state index contributed by atoms with van der Waals surface area (Å²) in [6.45, 7) is 6.61. The molecule has 1 aromatic carbocycles. The summed E-state index contributed by atoms with van der Waals surface area (Å²) in [7, 11) is 0. The number of hydrogen-bond donors (Lipinski definition) is 2. The Balaban J connectivity index is 2.77. The highest BCUT2D eigenvalue weighted by Gasteiger charge is 2.12. The molecule has 1 rings (SSSR count). The minimum atomic E-state index is -0.454. The summed E-state index contributed by atoms with van der Waals surface area (Å²) in [6.07, 6.45) is 2.02. The van der Waals surface area contributed by atoms with Gasteiger partial charge in [-0.05, 0) is 50.3 Å². The Morgan fingerprint density at radius 3 is 2.61 bits per heavy atom. The van der Waals surface area contributed by atoms with Gasteiger partial charge in [0, 0.05) is 6.04 Å². The second kappa shape index (κ2) is 7.39. The fourth-order valence-electron chi connectivity index (χ4n) is 1.91. The normalized spacial score (nSPS) is 14.3. The van der Waals surface area contributed by atoms with E-state index >= 15 is 0 Å². The van der Waals surface area contributed by atoms with Gasteiger partial charge >= 0.3 is 0 Å². The summed E-state index contributed by atoms with van der Waals surface area (Å²) >= 11 is 0. The lowest BCUT2D eigenvalue weighted by Gasteiger charge is -2.16. The molecule has 0 saturated carbocycles. The monoisotopic (exact) mass is 251 g/mol. The number of aryl methyl sites for hydroxylation is 2. The molecule has 0 bridgehead atoms. The zero-order valence-electron chi connectivity index (χ0n) is 11.6. The minimum Gasteiger partial charge on any atom is -0.494 e. The molecule has 102 valence electrons. The Bertz CT molecular complexity index is 364. The molecule has 2 unspecified atom stereocenters. The average molecular weight is 251 g/mol. The van der Waals surface area contributed by atoms with Crippen LogP contribution in [0.15, 0.2) is 18.2 Å². The molecule has 0 spiro atoms. The van der Waals surface area contributed by atoms with Gasteiger partial charge in [0.15, 0.2) is 0 Å². The number of nitrogens with two attached hydrogens (primary N) is 1. The fourth-order valence-corrected chi connectivity index (χ4v) is 1.91. The van der Waals surface area contributed by atoms with Crippen LogP contribution in [0, 0.1) is 0 Å². The first-order valence-corrected chi connectivity index (χ1v) is 6.76. The number of ether oxygens (including phenoxy) is 1. The van der Waals surface area contributed by atoms with Crippen molar-refractivity contribution in [1.29, 1.82) is 0 Å². The second-order valence-corrected chi connectivity index (χ2v) is 4.69. The molecule has 0 aliphatic carbocycles. The summed E-state index contributed by atoms with van der Waals surface area (Å²) in [4.78, 5) is 0. The van der Waals surface area contributed by atoms with E-state index in [1.807, 2.05) is 19.9 Å². The van der Waals surface area contributed by atoms with E-state index in [2.05, 4.69) is 19.1 Å². The number of aliphatic hydroxyl groups is 1. The number of hydrogen-bond acceptors (Lipinski definition) is 3. The maximum atomic E-state index is 9.77. The molecule has 2 atom stereocenters. The largest absolute Gasteiger partial charge is 0.494 e. The molecule has 3 N–H and O–H groups in total. The third-order valence-corrected chi connectivity index (χ3v) is 3.15. The van der Waals surface area contributed by atoms with E-state index in [-0.39, 0.29) is 6.04 Å². The average Bonchev–Trinajstić information content (AvgIpc) is 2.37. The summed E-state index contributed by atoms with van der Waals surface area (Å²) in [6, 6.07) is 6.10. The molecule has 3 nitrogen and oxygen atoms in total. The van der Waals surface area contributed by atoms with Crippen molar-refractivity contribution in [1.82, 2.24) is 0 Å². The smallest absolute Gasteiger partial charge is 0.122 e.